The first kappa shape index (κ1) is 11.0. The van der Waals surface area contributed by atoms with Crippen LogP contribution in [0.3, 0.4) is 0 Å². The molecule has 2 N–H and O–H groups in total. The zero-order chi connectivity index (χ0) is 13.0. The minimum atomic E-state index is -0.368. The van der Waals surface area contributed by atoms with Crippen LogP contribution in [0.2, 0.25) is 0 Å². The highest BCUT2D eigenvalue weighted by Crippen LogP contribution is 2.38. The molecule has 3 aromatic rings. The summed E-state index contributed by atoms with van der Waals surface area (Å²) in [4.78, 5) is 15.8. The third-order valence-electron chi connectivity index (χ3n) is 2.81. The number of aromatic nitrogens is 3. The van der Waals surface area contributed by atoms with Crippen molar-refractivity contribution in [3.63, 3.8) is 0 Å². The van der Waals surface area contributed by atoms with Gasteiger partial charge in [-0.2, -0.15) is 10.1 Å². The molecule has 3 rings (SSSR count). The average Bonchev–Trinajstić information content (AvgIpc) is 2.64. The topological polar surface area (TPSA) is 87.7 Å². The Labute approximate surface area is 105 Å². The fourth-order valence-corrected chi connectivity index (χ4v) is 2.90. The lowest BCUT2D eigenvalue weighted by atomic mass is 10.2. The van der Waals surface area contributed by atoms with Crippen molar-refractivity contribution in [3.8, 4) is 11.5 Å². The Balaban J connectivity index is 2.62. The highest BCUT2D eigenvalue weighted by molar-refractivity contribution is 7.23. The molecular formula is C11H9N3O3S. The number of phenols is 2. The summed E-state index contributed by atoms with van der Waals surface area (Å²) in [5.74, 6) is -0.369. The molecule has 92 valence electrons. The van der Waals surface area contributed by atoms with E-state index in [0.29, 0.717) is 26.4 Å². The molecule has 0 spiro atoms. The number of hydrogen-bond donors (Lipinski definition) is 2. The number of nitrogens with zero attached hydrogens (tertiary/aromatic N) is 3. The van der Waals surface area contributed by atoms with E-state index in [2.05, 4.69) is 10.1 Å². The monoisotopic (exact) mass is 263 g/mol. The smallest absolute Gasteiger partial charge is 0.295 e. The largest absolute Gasteiger partial charge is 0.504 e. The molecule has 0 bridgehead atoms. The van der Waals surface area contributed by atoms with Gasteiger partial charge in [0.05, 0.1) is 10.2 Å². The molecule has 2 aromatic heterocycles. The Hall–Kier alpha value is -2.15. The van der Waals surface area contributed by atoms with Crippen LogP contribution in [0.1, 0.15) is 11.3 Å². The third kappa shape index (κ3) is 1.31. The highest BCUT2D eigenvalue weighted by Gasteiger charge is 2.15. The molecule has 0 saturated carbocycles. The van der Waals surface area contributed by atoms with E-state index in [1.165, 1.54) is 21.9 Å². The second kappa shape index (κ2) is 3.42. The first-order valence-corrected chi connectivity index (χ1v) is 6.02. The minimum Gasteiger partial charge on any atom is -0.504 e. The molecule has 0 atom stereocenters. The van der Waals surface area contributed by atoms with Crippen LogP contribution in [0.15, 0.2) is 10.9 Å². The number of benzene rings is 1. The number of aromatic hydroxyl groups is 2. The Bertz CT molecular complexity index is 850. The highest BCUT2D eigenvalue weighted by atomic mass is 32.1. The van der Waals surface area contributed by atoms with E-state index in [4.69, 9.17) is 0 Å². The fraction of sp³-hybridized carbons (Fsp3) is 0.182. The lowest BCUT2D eigenvalue weighted by molar-refractivity contribution is 0.402. The van der Waals surface area contributed by atoms with Crippen molar-refractivity contribution < 1.29 is 10.2 Å². The minimum absolute atomic E-state index is 0.180. The third-order valence-corrected chi connectivity index (χ3v) is 3.78. The van der Waals surface area contributed by atoms with Gasteiger partial charge in [0, 0.05) is 11.6 Å². The van der Waals surface area contributed by atoms with Gasteiger partial charge in [-0.25, -0.2) is 4.52 Å². The first-order valence-electron chi connectivity index (χ1n) is 5.20. The predicted octanol–water partition coefficient (Wildman–Crippen LogP) is 1.33. The molecule has 18 heavy (non-hydrogen) atoms. The molecule has 0 saturated heterocycles. The van der Waals surface area contributed by atoms with Gasteiger partial charge in [0.2, 0.25) is 4.96 Å². The maximum absolute atomic E-state index is 11.4. The number of thiazole rings is 1. The normalized spacial score (nSPS) is 11.4. The van der Waals surface area contributed by atoms with Crippen molar-refractivity contribution in [2.24, 2.45) is 0 Å². The van der Waals surface area contributed by atoms with Crippen LogP contribution < -0.4 is 5.56 Å². The maximum atomic E-state index is 11.4. The zero-order valence-electron chi connectivity index (χ0n) is 9.63. The van der Waals surface area contributed by atoms with E-state index in [9.17, 15) is 15.0 Å². The van der Waals surface area contributed by atoms with Crippen LogP contribution in [0, 0.1) is 13.8 Å². The molecule has 6 nitrogen and oxygen atoms in total. The Morgan fingerprint density at radius 2 is 2.06 bits per heavy atom. The molecule has 0 radical (unpaired) electrons. The standard InChI is InChI=1S/C11H9N3O3S/c1-4-8-7(3-6(15)9(4)16)18-11-12-10(17)5(2)13-14(8)11/h3,15-16H,1-2H3. The van der Waals surface area contributed by atoms with Crippen molar-refractivity contribution in [1.29, 1.82) is 0 Å². The van der Waals surface area contributed by atoms with Gasteiger partial charge >= 0.3 is 0 Å². The van der Waals surface area contributed by atoms with Crippen LogP contribution >= 0.6 is 11.3 Å². The molecule has 0 aliphatic rings. The number of phenolic OH excluding ortho intramolecular Hbond substituents is 2. The van der Waals surface area contributed by atoms with Gasteiger partial charge in [0.25, 0.3) is 5.56 Å². The second-order valence-electron chi connectivity index (χ2n) is 4.01. The van der Waals surface area contributed by atoms with Gasteiger partial charge in [0.1, 0.15) is 5.69 Å². The Kier molecular flexibility index (Phi) is 2.09. The molecule has 7 heteroatoms. The van der Waals surface area contributed by atoms with Gasteiger partial charge in [-0.3, -0.25) is 4.79 Å². The van der Waals surface area contributed by atoms with Gasteiger partial charge in [-0.15, -0.1) is 0 Å². The van der Waals surface area contributed by atoms with Crippen LogP contribution in [0.5, 0.6) is 11.5 Å². The van der Waals surface area contributed by atoms with Gasteiger partial charge in [0.15, 0.2) is 11.5 Å². The zero-order valence-corrected chi connectivity index (χ0v) is 10.4. The second-order valence-corrected chi connectivity index (χ2v) is 5.02. The lowest BCUT2D eigenvalue weighted by Crippen LogP contribution is -2.14. The Morgan fingerprint density at radius 3 is 2.78 bits per heavy atom. The van der Waals surface area contributed by atoms with E-state index in [1.807, 2.05) is 0 Å². The quantitative estimate of drug-likeness (QED) is 0.597. The molecule has 0 aliphatic carbocycles. The summed E-state index contributed by atoms with van der Waals surface area (Å²) in [6.07, 6.45) is 0. The number of hydrogen-bond acceptors (Lipinski definition) is 6. The number of fused-ring (bicyclic) bond motifs is 3. The van der Waals surface area contributed by atoms with Gasteiger partial charge < -0.3 is 10.2 Å². The van der Waals surface area contributed by atoms with Crippen molar-refractivity contribution in [1.82, 2.24) is 14.6 Å². The van der Waals surface area contributed by atoms with Crippen LogP contribution in [-0.2, 0) is 0 Å². The van der Waals surface area contributed by atoms with E-state index >= 15 is 0 Å². The molecule has 0 aliphatic heterocycles. The van der Waals surface area contributed by atoms with Crippen LogP contribution in [-0.4, -0.2) is 24.8 Å². The summed E-state index contributed by atoms with van der Waals surface area (Å²) >= 11 is 1.24. The van der Waals surface area contributed by atoms with E-state index < -0.39 is 0 Å². The summed E-state index contributed by atoms with van der Waals surface area (Å²) in [6.45, 7) is 3.26. The lowest BCUT2D eigenvalue weighted by Gasteiger charge is -2.03. The van der Waals surface area contributed by atoms with Crippen molar-refractivity contribution in [2.75, 3.05) is 0 Å². The molecule has 2 heterocycles. The van der Waals surface area contributed by atoms with Crippen LogP contribution in [0.4, 0.5) is 0 Å². The molecular weight excluding hydrogens is 254 g/mol. The summed E-state index contributed by atoms with van der Waals surface area (Å²) in [5.41, 5.74) is 1.08. The van der Waals surface area contributed by atoms with Gasteiger partial charge in [-0.05, 0) is 13.8 Å². The predicted molar refractivity (Wildman–Crippen MR) is 67.4 cm³/mol. The summed E-state index contributed by atoms with van der Waals surface area (Å²) in [6, 6.07) is 1.44. The average molecular weight is 263 g/mol. The molecule has 0 unspecified atom stereocenters. The molecule has 0 amide bonds. The van der Waals surface area contributed by atoms with Crippen molar-refractivity contribution in [2.45, 2.75) is 13.8 Å². The van der Waals surface area contributed by atoms with Gasteiger partial charge in [-0.1, -0.05) is 11.3 Å². The van der Waals surface area contributed by atoms with Crippen molar-refractivity contribution in [3.05, 3.63) is 27.7 Å². The van der Waals surface area contributed by atoms with Crippen molar-refractivity contribution >= 4 is 26.5 Å². The maximum Gasteiger partial charge on any atom is 0.295 e. The van der Waals surface area contributed by atoms with Crippen LogP contribution in [0.25, 0.3) is 15.2 Å². The Morgan fingerprint density at radius 1 is 1.33 bits per heavy atom. The SMILES string of the molecule is Cc1nn2c(nc1=O)sc1cc(O)c(O)c(C)c12. The summed E-state index contributed by atoms with van der Waals surface area (Å²) in [7, 11) is 0. The molecule has 1 aromatic carbocycles. The first-order chi connectivity index (χ1) is 8.49. The van der Waals surface area contributed by atoms with E-state index in [1.54, 1.807) is 13.8 Å². The summed E-state index contributed by atoms with van der Waals surface area (Å²) < 4.78 is 2.23. The number of rotatable bonds is 0. The van der Waals surface area contributed by atoms with E-state index in [0.717, 1.165) is 0 Å². The fourth-order valence-electron chi connectivity index (χ4n) is 1.85. The number of aryl methyl sites for hydroxylation is 2. The van der Waals surface area contributed by atoms with E-state index in [-0.39, 0.29) is 17.1 Å². The summed E-state index contributed by atoms with van der Waals surface area (Å²) in [5, 5.41) is 23.5. The molecule has 0 fully saturated rings.